The number of carbonyl (C=O) groups excluding carboxylic acids is 1. The van der Waals surface area contributed by atoms with Crippen LogP contribution in [-0.4, -0.2) is 28.0 Å². The van der Waals surface area contributed by atoms with Gasteiger partial charge < -0.3 is 10.6 Å². The Labute approximate surface area is 117 Å². The van der Waals surface area contributed by atoms with E-state index in [0.717, 1.165) is 30.6 Å². The second kappa shape index (κ2) is 5.75. The molecule has 6 heteroatoms. The predicted molar refractivity (Wildman–Crippen MR) is 74.3 cm³/mol. The Morgan fingerprint density at radius 2 is 2.25 bits per heavy atom. The Kier molecular flexibility index (Phi) is 3.82. The van der Waals surface area contributed by atoms with Gasteiger partial charge in [-0.3, -0.25) is 14.2 Å². The third-order valence-electron chi connectivity index (χ3n) is 4.10. The summed E-state index contributed by atoms with van der Waals surface area (Å²) in [5, 5.41) is 6.18. The van der Waals surface area contributed by atoms with E-state index in [9.17, 15) is 9.59 Å². The average molecular weight is 276 g/mol. The van der Waals surface area contributed by atoms with E-state index in [0.29, 0.717) is 13.0 Å². The lowest BCUT2D eigenvalue weighted by molar-refractivity contribution is -0.122. The quantitative estimate of drug-likeness (QED) is 0.811. The van der Waals surface area contributed by atoms with Crippen LogP contribution in [0.5, 0.6) is 0 Å². The molecule has 2 aliphatic rings. The molecule has 1 amide bonds. The zero-order valence-corrected chi connectivity index (χ0v) is 11.5. The summed E-state index contributed by atoms with van der Waals surface area (Å²) in [7, 11) is 0. The molecule has 1 saturated carbocycles. The molecule has 0 saturated heterocycles. The fraction of sp³-hybridized carbons (Fsp3) is 0.643. The van der Waals surface area contributed by atoms with Crippen molar-refractivity contribution >= 4 is 5.91 Å². The van der Waals surface area contributed by atoms with Crippen molar-refractivity contribution in [1.82, 2.24) is 20.2 Å². The lowest BCUT2D eigenvalue weighted by Gasteiger charge is -2.17. The summed E-state index contributed by atoms with van der Waals surface area (Å²) in [6.07, 6.45) is 6.63. The summed E-state index contributed by atoms with van der Waals surface area (Å²) in [5.41, 5.74) is 1.49. The van der Waals surface area contributed by atoms with Gasteiger partial charge in [-0.15, -0.1) is 0 Å². The van der Waals surface area contributed by atoms with Crippen LogP contribution in [-0.2, 0) is 24.3 Å². The summed E-state index contributed by atoms with van der Waals surface area (Å²) < 4.78 is 1.43. The van der Waals surface area contributed by atoms with Crippen molar-refractivity contribution in [3.63, 3.8) is 0 Å². The van der Waals surface area contributed by atoms with Gasteiger partial charge in [-0.05, 0) is 25.8 Å². The van der Waals surface area contributed by atoms with E-state index in [1.807, 2.05) is 0 Å². The zero-order valence-electron chi connectivity index (χ0n) is 11.5. The Morgan fingerprint density at radius 1 is 1.45 bits per heavy atom. The molecule has 2 heterocycles. The molecule has 1 aliphatic carbocycles. The Balaban J connectivity index is 1.70. The van der Waals surface area contributed by atoms with Gasteiger partial charge in [0.1, 0.15) is 6.54 Å². The molecule has 1 aromatic heterocycles. The normalized spacial score (nSPS) is 18.8. The van der Waals surface area contributed by atoms with Crippen molar-refractivity contribution in [1.29, 1.82) is 0 Å². The molecule has 0 atom stereocenters. The van der Waals surface area contributed by atoms with Crippen LogP contribution >= 0.6 is 0 Å². The lowest BCUT2D eigenvalue weighted by Crippen LogP contribution is -2.40. The van der Waals surface area contributed by atoms with Crippen molar-refractivity contribution in [2.24, 2.45) is 0 Å². The van der Waals surface area contributed by atoms with Crippen molar-refractivity contribution in [2.75, 3.05) is 6.54 Å². The first-order chi connectivity index (χ1) is 9.74. The van der Waals surface area contributed by atoms with Gasteiger partial charge in [0.25, 0.3) is 5.56 Å². The molecule has 3 rings (SSSR count). The monoisotopic (exact) mass is 276 g/mol. The molecule has 108 valence electrons. The van der Waals surface area contributed by atoms with E-state index >= 15 is 0 Å². The number of nitrogens with one attached hydrogen (secondary N) is 2. The topological polar surface area (TPSA) is 76.0 Å². The summed E-state index contributed by atoms with van der Waals surface area (Å²) in [6.45, 7) is 1.50. The molecule has 2 N–H and O–H groups in total. The van der Waals surface area contributed by atoms with Gasteiger partial charge >= 0.3 is 0 Å². The fourth-order valence-electron chi connectivity index (χ4n) is 3.00. The van der Waals surface area contributed by atoms with E-state index in [-0.39, 0.29) is 24.1 Å². The molecular weight excluding hydrogens is 256 g/mol. The van der Waals surface area contributed by atoms with Gasteiger partial charge in [-0.25, -0.2) is 4.98 Å². The van der Waals surface area contributed by atoms with Gasteiger partial charge in [0, 0.05) is 18.2 Å². The molecule has 1 aliphatic heterocycles. The molecule has 0 radical (unpaired) electrons. The second-order valence-corrected chi connectivity index (χ2v) is 5.58. The number of fused-ring (bicyclic) bond motifs is 1. The SMILES string of the molecule is O=C(Cn1cnc2c(c1=O)CCNC2)NC1CCCC1. The highest BCUT2D eigenvalue weighted by atomic mass is 16.2. The highest BCUT2D eigenvalue weighted by Crippen LogP contribution is 2.17. The van der Waals surface area contributed by atoms with Crippen molar-refractivity contribution in [3.05, 3.63) is 27.9 Å². The number of hydrogen-bond donors (Lipinski definition) is 2. The van der Waals surface area contributed by atoms with Crippen molar-refractivity contribution in [3.8, 4) is 0 Å². The summed E-state index contributed by atoms with van der Waals surface area (Å²) in [5.74, 6) is -0.0883. The van der Waals surface area contributed by atoms with Crippen LogP contribution in [0.2, 0.25) is 0 Å². The van der Waals surface area contributed by atoms with E-state index in [4.69, 9.17) is 0 Å². The maximum Gasteiger partial charge on any atom is 0.257 e. The third kappa shape index (κ3) is 2.75. The first-order valence-corrected chi connectivity index (χ1v) is 7.31. The molecule has 0 bridgehead atoms. The first-order valence-electron chi connectivity index (χ1n) is 7.31. The molecule has 20 heavy (non-hydrogen) atoms. The van der Waals surface area contributed by atoms with Crippen LogP contribution in [0.25, 0.3) is 0 Å². The largest absolute Gasteiger partial charge is 0.352 e. The fourth-order valence-corrected chi connectivity index (χ4v) is 3.00. The minimum Gasteiger partial charge on any atom is -0.352 e. The zero-order chi connectivity index (χ0) is 13.9. The lowest BCUT2D eigenvalue weighted by atomic mass is 10.1. The van der Waals surface area contributed by atoms with Crippen LogP contribution < -0.4 is 16.2 Å². The number of amides is 1. The van der Waals surface area contributed by atoms with Crippen LogP contribution in [0, 0.1) is 0 Å². The van der Waals surface area contributed by atoms with E-state index < -0.39 is 0 Å². The summed E-state index contributed by atoms with van der Waals surface area (Å²) >= 11 is 0. The van der Waals surface area contributed by atoms with Crippen molar-refractivity contribution < 1.29 is 4.79 Å². The maximum absolute atomic E-state index is 12.3. The van der Waals surface area contributed by atoms with Crippen LogP contribution in [0.4, 0.5) is 0 Å². The number of aromatic nitrogens is 2. The summed E-state index contributed by atoms with van der Waals surface area (Å²) in [6, 6.07) is 0.285. The van der Waals surface area contributed by atoms with E-state index in [1.54, 1.807) is 0 Å². The average Bonchev–Trinajstić information content (AvgIpc) is 2.95. The van der Waals surface area contributed by atoms with Crippen LogP contribution in [0.15, 0.2) is 11.1 Å². The van der Waals surface area contributed by atoms with Gasteiger partial charge in [0.15, 0.2) is 0 Å². The summed E-state index contributed by atoms with van der Waals surface area (Å²) in [4.78, 5) is 28.6. The van der Waals surface area contributed by atoms with Gasteiger partial charge in [-0.2, -0.15) is 0 Å². The highest BCUT2D eigenvalue weighted by Gasteiger charge is 2.19. The highest BCUT2D eigenvalue weighted by molar-refractivity contribution is 5.76. The number of nitrogens with zero attached hydrogens (tertiary/aromatic N) is 2. The minimum absolute atomic E-state index is 0.0712. The third-order valence-corrected chi connectivity index (χ3v) is 4.10. The number of rotatable bonds is 3. The van der Waals surface area contributed by atoms with Gasteiger partial charge in [0.05, 0.1) is 12.0 Å². The van der Waals surface area contributed by atoms with E-state index in [1.165, 1.54) is 23.7 Å². The number of hydrogen-bond acceptors (Lipinski definition) is 4. The predicted octanol–water partition coefficient (Wildman–Crippen LogP) is -0.0522. The Bertz CT molecular complexity index is 561. The number of carbonyl (C=O) groups is 1. The maximum atomic E-state index is 12.3. The Morgan fingerprint density at radius 3 is 3.05 bits per heavy atom. The van der Waals surface area contributed by atoms with Gasteiger partial charge in [-0.1, -0.05) is 12.8 Å². The molecule has 1 fully saturated rings. The van der Waals surface area contributed by atoms with E-state index in [2.05, 4.69) is 15.6 Å². The molecule has 0 spiro atoms. The molecule has 0 unspecified atom stereocenters. The van der Waals surface area contributed by atoms with Crippen molar-refractivity contribution in [2.45, 2.75) is 51.2 Å². The Hall–Kier alpha value is -1.69. The second-order valence-electron chi connectivity index (χ2n) is 5.58. The van der Waals surface area contributed by atoms with Crippen LogP contribution in [0.1, 0.15) is 36.9 Å². The molecule has 0 aromatic carbocycles. The first kappa shape index (κ1) is 13.3. The van der Waals surface area contributed by atoms with Gasteiger partial charge in [0.2, 0.25) is 5.91 Å². The minimum atomic E-state index is -0.0883. The molecule has 6 nitrogen and oxygen atoms in total. The molecular formula is C14H20N4O2. The van der Waals surface area contributed by atoms with Crippen LogP contribution in [0.3, 0.4) is 0 Å². The smallest absolute Gasteiger partial charge is 0.257 e. The standard InChI is InChI=1S/C14H20N4O2/c19-13(17-10-3-1-2-4-10)8-18-9-16-12-7-15-6-5-11(12)14(18)20/h9-10,15H,1-8H2,(H,17,19). The molecule has 1 aromatic rings.